The molecule has 0 bridgehead atoms. The second-order valence-corrected chi connectivity index (χ2v) is 12.0. The molecule has 4 rings (SSSR count). The molecule has 1 aliphatic rings. The number of rotatable bonds is 9. The zero-order chi connectivity index (χ0) is 26.6. The highest BCUT2D eigenvalue weighted by Crippen LogP contribution is 2.31. The van der Waals surface area contributed by atoms with Crippen LogP contribution in [0, 0.1) is 23.5 Å². The van der Waals surface area contributed by atoms with Crippen molar-refractivity contribution in [3.63, 3.8) is 0 Å². The Balaban J connectivity index is 1.36. The first-order chi connectivity index (χ1) is 17.7. The fraction of sp³-hybridized carbons (Fsp3) is 0.429. The van der Waals surface area contributed by atoms with E-state index in [-0.39, 0.29) is 34.8 Å². The van der Waals surface area contributed by atoms with Gasteiger partial charge in [-0.2, -0.15) is 0 Å². The van der Waals surface area contributed by atoms with Crippen molar-refractivity contribution in [3.8, 4) is 16.9 Å². The lowest BCUT2D eigenvalue weighted by Gasteiger charge is -2.31. The summed E-state index contributed by atoms with van der Waals surface area (Å²) in [5, 5.41) is 0. The number of piperidine rings is 1. The zero-order valence-electron chi connectivity index (χ0n) is 21.5. The molecule has 0 saturated carbocycles. The highest BCUT2D eigenvalue weighted by Gasteiger charge is 2.23. The van der Waals surface area contributed by atoms with E-state index in [2.05, 4.69) is 21.8 Å². The Bertz CT molecular complexity index is 1280. The van der Waals surface area contributed by atoms with Crippen LogP contribution in [0.3, 0.4) is 0 Å². The maximum atomic E-state index is 14.8. The van der Waals surface area contributed by atoms with Gasteiger partial charge in [0.2, 0.25) is 5.95 Å². The van der Waals surface area contributed by atoms with Gasteiger partial charge < -0.3 is 9.64 Å². The lowest BCUT2D eigenvalue weighted by molar-refractivity contribution is 0.207. The van der Waals surface area contributed by atoms with Crippen molar-refractivity contribution in [3.05, 3.63) is 66.0 Å². The molecule has 2 heterocycles. The number of hydrogen-bond donors (Lipinski definition) is 0. The van der Waals surface area contributed by atoms with E-state index >= 15 is 0 Å². The van der Waals surface area contributed by atoms with Crippen LogP contribution in [0.4, 0.5) is 14.7 Å². The Hall–Kier alpha value is -3.07. The number of aromatic nitrogens is 2. The lowest BCUT2D eigenvalue weighted by atomic mass is 9.98. The van der Waals surface area contributed by atoms with E-state index in [0.29, 0.717) is 17.1 Å². The van der Waals surface area contributed by atoms with Gasteiger partial charge in [-0.15, -0.1) is 0 Å². The quantitative estimate of drug-likeness (QED) is 0.354. The first kappa shape index (κ1) is 27.0. The first-order valence-corrected chi connectivity index (χ1v) is 14.3. The molecule has 0 radical (unpaired) electrons. The molecule has 0 aliphatic carbocycles. The fourth-order valence-corrected chi connectivity index (χ4v) is 6.07. The van der Waals surface area contributed by atoms with Gasteiger partial charge in [0.1, 0.15) is 0 Å². The molecule has 1 aromatic heterocycles. The lowest BCUT2D eigenvalue weighted by Crippen LogP contribution is -2.36. The molecule has 3 aromatic rings. The smallest absolute Gasteiger partial charge is 0.225 e. The van der Waals surface area contributed by atoms with Crippen molar-refractivity contribution in [2.75, 3.05) is 30.3 Å². The van der Waals surface area contributed by atoms with Crippen LogP contribution < -0.4 is 9.64 Å². The molecule has 0 N–H and O–H groups in total. The van der Waals surface area contributed by atoms with Gasteiger partial charge in [0.05, 0.1) is 17.3 Å². The number of anilines is 1. The molecule has 1 fully saturated rings. The van der Waals surface area contributed by atoms with Crippen molar-refractivity contribution >= 4 is 15.8 Å². The summed E-state index contributed by atoms with van der Waals surface area (Å²) < 4.78 is 60.1. The van der Waals surface area contributed by atoms with Crippen molar-refractivity contribution in [1.82, 2.24) is 9.97 Å². The summed E-state index contributed by atoms with van der Waals surface area (Å²) >= 11 is 0. The van der Waals surface area contributed by atoms with Crippen molar-refractivity contribution < 1.29 is 21.9 Å². The summed E-state index contributed by atoms with van der Waals surface area (Å²) in [6.45, 7) is 7.47. The van der Waals surface area contributed by atoms with Gasteiger partial charge in [0.25, 0.3) is 0 Å². The molecule has 0 amide bonds. The SMILES string of the molecule is CCc1cnc(N2CCC(COc3c(F)cc(-c4ccc(S(=O)(=O)CC(C)C)cc4)cc3F)CC2)nc1. The summed E-state index contributed by atoms with van der Waals surface area (Å²) in [7, 11) is -3.40. The van der Waals surface area contributed by atoms with Crippen LogP contribution >= 0.6 is 0 Å². The number of sulfone groups is 1. The summed E-state index contributed by atoms with van der Waals surface area (Å²) in [4.78, 5) is 11.2. The fourth-order valence-electron chi connectivity index (χ4n) is 4.45. The molecular weight excluding hydrogens is 496 g/mol. The van der Waals surface area contributed by atoms with E-state index in [9.17, 15) is 17.2 Å². The van der Waals surface area contributed by atoms with Crippen LogP contribution in [0.15, 0.2) is 53.7 Å². The Morgan fingerprint density at radius 2 is 1.59 bits per heavy atom. The molecule has 1 saturated heterocycles. The highest BCUT2D eigenvalue weighted by atomic mass is 32.2. The third-order valence-electron chi connectivity index (χ3n) is 6.56. The number of nitrogens with zero attached hydrogens (tertiary/aromatic N) is 3. The molecule has 198 valence electrons. The molecule has 37 heavy (non-hydrogen) atoms. The monoisotopic (exact) mass is 529 g/mol. The maximum Gasteiger partial charge on any atom is 0.225 e. The zero-order valence-corrected chi connectivity index (χ0v) is 22.3. The molecule has 2 aromatic carbocycles. The standard InChI is InChI=1S/C28H33F2N3O3S/c1-4-20-15-31-28(32-16-20)33-11-9-21(10-12-33)17-36-27-25(29)13-23(14-26(27)30)22-5-7-24(8-6-22)37(34,35)18-19(2)3/h5-8,13-16,19,21H,4,9-12,17-18H2,1-3H3. The number of ether oxygens (including phenoxy) is 1. The molecule has 0 unspecified atom stereocenters. The molecule has 9 heteroatoms. The van der Waals surface area contributed by atoms with E-state index in [4.69, 9.17) is 4.74 Å². The average molecular weight is 530 g/mol. The second kappa shape index (κ2) is 11.5. The molecule has 0 spiro atoms. The van der Waals surface area contributed by atoms with Crippen molar-refractivity contribution in [1.29, 1.82) is 0 Å². The van der Waals surface area contributed by atoms with E-state index < -0.39 is 21.5 Å². The van der Waals surface area contributed by atoms with E-state index in [1.54, 1.807) is 12.1 Å². The van der Waals surface area contributed by atoms with Crippen molar-refractivity contribution in [2.45, 2.75) is 44.9 Å². The van der Waals surface area contributed by atoms with Crippen molar-refractivity contribution in [2.24, 2.45) is 11.8 Å². The van der Waals surface area contributed by atoms with Gasteiger partial charge >= 0.3 is 0 Å². The van der Waals surface area contributed by atoms with Gasteiger partial charge in [0, 0.05) is 25.5 Å². The molecule has 6 nitrogen and oxygen atoms in total. The van der Waals surface area contributed by atoms with Crippen LogP contribution in [0.1, 0.15) is 39.2 Å². The normalized spacial score (nSPS) is 14.8. The summed E-state index contributed by atoms with van der Waals surface area (Å²) in [6, 6.07) is 8.52. The van der Waals surface area contributed by atoms with Crippen LogP contribution in [0.25, 0.3) is 11.1 Å². The van der Waals surface area contributed by atoms with Gasteiger partial charge in [-0.1, -0.05) is 32.9 Å². The van der Waals surface area contributed by atoms with E-state index in [1.807, 2.05) is 26.2 Å². The molecule has 1 aliphatic heterocycles. The van der Waals surface area contributed by atoms with E-state index in [0.717, 1.165) is 37.9 Å². The minimum absolute atomic E-state index is 0.0000728. The van der Waals surface area contributed by atoms with Gasteiger partial charge in [-0.25, -0.2) is 27.2 Å². The van der Waals surface area contributed by atoms with Crippen LogP contribution in [0.2, 0.25) is 0 Å². The van der Waals surface area contributed by atoms with E-state index in [1.165, 1.54) is 24.3 Å². The van der Waals surface area contributed by atoms with Crippen LogP contribution in [-0.2, 0) is 16.3 Å². The minimum Gasteiger partial charge on any atom is -0.487 e. The summed E-state index contributed by atoms with van der Waals surface area (Å²) in [5.41, 5.74) is 1.93. The average Bonchev–Trinajstić information content (AvgIpc) is 2.88. The Labute approximate surface area is 217 Å². The molecule has 0 atom stereocenters. The van der Waals surface area contributed by atoms with Gasteiger partial charge in [-0.05, 0) is 72.1 Å². The van der Waals surface area contributed by atoms with Crippen LogP contribution in [-0.4, -0.2) is 43.8 Å². The highest BCUT2D eigenvalue weighted by molar-refractivity contribution is 7.91. The number of benzene rings is 2. The largest absolute Gasteiger partial charge is 0.487 e. The summed E-state index contributed by atoms with van der Waals surface area (Å²) in [5.74, 6) is -1.04. The second-order valence-electron chi connectivity index (χ2n) is 9.95. The number of halogens is 2. The maximum absolute atomic E-state index is 14.8. The number of hydrogen-bond acceptors (Lipinski definition) is 6. The minimum atomic E-state index is -3.40. The Morgan fingerprint density at radius 3 is 2.14 bits per heavy atom. The van der Waals surface area contributed by atoms with Gasteiger partial charge in [0.15, 0.2) is 27.2 Å². The Kier molecular flexibility index (Phi) is 8.42. The number of aryl methyl sites for hydroxylation is 1. The third-order valence-corrected chi connectivity index (χ3v) is 8.65. The molecular formula is C28H33F2N3O3S. The van der Waals surface area contributed by atoms with Gasteiger partial charge in [-0.3, -0.25) is 0 Å². The topological polar surface area (TPSA) is 72.4 Å². The predicted molar refractivity (Wildman–Crippen MR) is 141 cm³/mol. The summed E-state index contributed by atoms with van der Waals surface area (Å²) in [6.07, 6.45) is 6.20. The Morgan fingerprint density at radius 1 is 1.00 bits per heavy atom. The van der Waals surface area contributed by atoms with Crippen LogP contribution in [0.5, 0.6) is 5.75 Å². The first-order valence-electron chi connectivity index (χ1n) is 12.7. The third kappa shape index (κ3) is 6.63. The predicted octanol–water partition coefficient (Wildman–Crippen LogP) is 5.71.